The molecule has 0 radical (unpaired) electrons. The van der Waals surface area contributed by atoms with Crippen LogP contribution in [0.5, 0.6) is 5.75 Å². The van der Waals surface area contributed by atoms with Crippen LogP contribution >= 0.6 is 22.6 Å². The molecular weight excluding hydrogens is 347 g/mol. The van der Waals surface area contributed by atoms with Gasteiger partial charge in [-0.05, 0) is 29.5 Å². The van der Waals surface area contributed by atoms with E-state index < -0.39 is 18.0 Å². The van der Waals surface area contributed by atoms with Gasteiger partial charge in [-0.2, -0.15) is 0 Å². The van der Waals surface area contributed by atoms with Crippen LogP contribution in [-0.4, -0.2) is 24.7 Å². The number of carbonyl (C=O) groups excluding carboxylic acids is 1. The topological polar surface area (TPSA) is 48.4 Å². The molecule has 0 aliphatic heterocycles. The molecule has 0 saturated carbocycles. The molecule has 1 aromatic rings. The van der Waals surface area contributed by atoms with Gasteiger partial charge in [0.1, 0.15) is 15.0 Å². The third-order valence-electron chi connectivity index (χ3n) is 1.95. The summed E-state index contributed by atoms with van der Waals surface area (Å²) in [6.45, 7) is 1.70. The fourth-order valence-corrected chi connectivity index (χ4v) is 1.91. The molecule has 0 aliphatic rings. The smallest absolute Gasteiger partial charge is 0.341 e. The zero-order chi connectivity index (χ0) is 13.0. The number of aromatic nitrogens is 1. The maximum atomic E-state index is 12.9. The summed E-state index contributed by atoms with van der Waals surface area (Å²) in [4.78, 5) is 15.4. The largest absolute Gasteiger partial charge is 0.495 e. The maximum Gasteiger partial charge on any atom is 0.341 e. The van der Waals surface area contributed by atoms with E-state index in [1.807, 2.05) is 0 Å². The second kappa shape index (κ2) is 6.08. The summed E-state index contributed by atoms with van der Waals surface area (Å²) in [6, 6.07) is 0. The normalized spacial score (nSPS) is 10.5. The number of hydrogen-bond donors (Lipinski definition) is 0. The number of alkyl halides is 2. The van der Waals surface area contributed by atoms with E-state index in [-0.39, 0.29) is 21.6 Å². The SMILES string of the molecule is CCOC(=O)c1c(I)ncc(OC)c1C(F)F. The highest BCUT2D eigenvalue weighted by Crippen LogP contribution is 2.33. The van der Waals surface area contributed by atoms with Crippen LogP contribution in [0, 0.1) is 3.70 Å². The molecule has 0 saturated heterocycles. The fraction of sp³-hybridized carbons (Fsp3) is 0.400. The highest BCUT2D eigenvalue weighted by molar-refractivity contribution is 14.1. The van der Waals surface area contributed by atoms with Crippen molar-refractivity contribution in [3.05, 3.63) is 21.0 Å². The lowest BCUT2D eigenvalue weighted by atomic mass is 10.1. The number of rotatable bonds is 4. The summed E-state index contributed by atoms with van der Waals surface area (Å²) in [5.41, 5.74) is -0.716. The molecule has 1 rings (SSSR count). The fourth-order valence-electron chi connectivity index (χ4n) is 1.26. The molecule has 7 heteroatoms. The third-order valence-corrected chi connectivity index (χ3v) is 2.77. The van der Waals surface area contributed by atoms with Gasteiger partial charge in [-0.25, -0.2) is 18.6 Å². The number of carbonyl (C=O) groups is 1. The third kappa shape index (κ3) is 3.02. The van der Waals surface area contributed by atoms with Crippen molar-refractivity contribution in [1.29, 1.82) is 0 Å². The minimum absolute atomic E-state index is 0.106. The zero-order valence-corrected chi connectivity index (χ0v) is 11.3. The Bertz CT molecular complexity index is 426. The van der Waals surface area contributed by atoms with Gasteiger partial charge in [-0.1, -0.05) is 0 Å². The molecule has 0 fully saturated rings. The average molecular weight is 357 g/mol. The summed E-state index contributed by atoms with van der Waals surface area (Å²) in [5, 5.41) is 0. The Balaban J connectivity index is 3.38. The standard InChI is InChI=1S/C10H10F2INO3/c1-3-17-10(15)7-6(8(11)12)5(16-2)4-14-9(7)13/h4,8H,3H2,1-2H3. The van der Waals surface area contributed by atoms with E-state index in [4.69, 9.17) is 9.47 Å². The molecule has 0 unspecified atom stereocenters. The van der Waals surface area contributed by atoms with Crippen LogP contribution in [0.25, 0.3) is 0 Å². The number of pyridine rings is 1. The van der Waals surface area contributed by atoms with Gasteiger partial charge in [0, 0.05) is 0 Å². The molecule has 0 aliphatic carbocycles. The molecule has 0 spiro atoms. The molecule has 0 atom stereocenters. The van der Waals surface area contributed by atoms with Crippen molar-refractivity contribution in [1.82, 2.24) is 4.98 Å². The van der Waals surface area contributed by atoms with E-state index in [9.17, 15) is 13.6 Å². The van der Waals surface area contributed by atoms with E-state index in [2.05, 4.69) is 4.98 Å². The van der Waals surface area contributed by atoms with Gasteiger partial charge >= 0.3 is 5.97 Å². The van der Waals surface area contributed by atoms with Crippen molar-refractivity contribution in [2.75, 3.05) is 13.7 Å². The van der Waals surface area contributed by atoms with Gasteiger partial charge in [0.25, 0.3) is 6.43 Å². The minimum atomic E-state index is -2.83. The predicted octanol–water partition coefficient (Wildman–Crippen LogP) is 2.81. The van der Waals surface area contributed by atoms with Gasteiger partial charge in [0.15, 0.2) is 0 Å². The summed E-state index contributed by atoms with van der Waals surface area (Å²) in [5.74, 6) is -0.943. The molecule has 94 valence electrons. The van der Waals surface area contributed by atoms with Crippen molar-refractivity contribution >= 4 is 28.6 Å². The number of nitrogens with zero attached hydrogens (tertiary/aromatic N) is 1. The van der Waals surface area contributed by atoms with Crippen molar-refractivity contribution in [3.63, 3.8) is 0 Å². The number of ether oxygens (including phenoxy) is 2. The average Bonchev–Trinajstić information content (AvgIpc) is 2.28. The number of esters is 1. The molecule has 0 bridgehead atoms. The summed E-state index contributed by atoms with van der Waals surface area (Å²) < 4.78 is 35.5. The lowest BCUT2D eigenvalue weighted by Crippen LogP contribution is -2.13. The van der Waals surface area contributed by atoms with Crippen LogP contribution in [0.2, 0.25) is 0 Å². The molecule has 1 aromatic heterocycles. The molecule has 4 nitrogen and oxygen atoms in total. The molecular formula is C10H10F2INO3. The minimum Gasteiger partial charge on any atom is -0.495 e. The van der Waals surface area contributed by atoms with Crippen LogP contribution in [0.15, 0.2) is 6.20 Å². The first-order valence-electron chi connectivity index (χ1n) is 4.70. The van der Waals surface area contributed by atoms with Crippen molar-refractivity contribution in [3.8, 4) is 5.75 Å². The van der Waals surface area contributed by atoms with Crippen molar-refractivity contribution in [2.24, 2.45) is 0 Å². The van der Waals surface area contributed by atoms with Gasteiger partial charge in [-0.15, -0.1) is 0 Å². The second-order valence-corrected chi connectivity index (χ2v) is 3.95. The highest BCUT2D eigenvalue weighted by atomic mass is 127. The van der Waals surface area contributed by atoms with E-state index in [1.165, 1.54) is 7.11 Å². The van der Waals surface area contributed by atoms with Gasteiger partial charge in [0.2, 0.25) is 0 Å². The Kier molecular flexibility index (Phi) is 5.03. The van der Waals surface area contributed by atoms with Crippen molar-refractivity contribution in [2.45, 2.75) is 13.3 Å². The second-order valence-electron chi connectivity index (χ2n) is 2.93. The Labute approximate surface area is 110 Å². The predicted molar refractivity (Wildman–Crippen MR) is 64.4 cm³/mol. The van der Waals surface area contributed by atoms with E-state index in [0.29, 0.717) is 0 Å². The number of halogens is 3. The lowest BCUT2D eigenvalue weighted by Gasteiger charge is -2.13. The molecule has 0 N–H and O–H groups in total. The molecule has 1 heterocycles. The Morgan fingerprint density at radius 1 is 1.59 bits per heavy atom. The first-order valence-corrected chi connectivity index (χ1v) is 5.78. The summed E-state index contributed by atoms with van der Waals surface area (Å²) >= 11 is 1.71. The maximum absolute atomic E-state index is 12.9. The van der Waals surface area contributed by atoms with Crippen LogP contribution in [-0.2, 0) is 4.74 Å². The first kappa shape index (κ1) is 14.1. The van der Waals surface area contributed by atoms with E-state index in [0.717, 1.165) is 6.20 Å². The van der Waals surface area contributed by atoms with Crippen LogP contribution < -0.4 is 4.74 Å². The lowest BCUT2D eigenvalue weighted by molar-refractivity contribution is 0.0511. The zero-order valence-electron chi connectivity index (χ0n) is 9.17. The molecule has 17 heavy (non-hydrogen) atoms. The van der Waals surface area contributed by atoms with Gasteiger partial charge < -0.3 is 9.47 Å². The van der Waals surface area contributed by atoms with Gasteiger partial charge in [0.05, 0.1) is 25.5 Å². The summed E-state index contributed by atoms with van der Waals surface area (Å²) in [7, 11) is 1.24. The van der Waals surface area contributed by atoms with E-state index in [1.54, 1.807) is 29.5 Å². The molecule has 0 aromatic carbocycles. The Morgan fingerprint density at radius 2 is 2.24 bits per heavy atom. The van der Waals surface area contributed by atoms with Crippen LogP contribution in [0.3, 0.4) is 0 Å². The number of hydrogen-bond acceptors (Lipinski definition) is 4. The quantitative estimate of drug-likeness (QED) is 0.473. The molecule has 0 amide bonds. The first-order chi connectivity index (χ1) is 8.02. The van der Waals surface area contributed by atoms with Gasteiger partial charge in [-0.3, -0.25) is 0 Å². The number of methoxy groups -OCH3 is 1. The Morgan fingerprint density at radius 3 is 2.71 bits per heavy atom. The summed E-state index contributed by atoms with van der Waals surface area (Å²) in [6.07, 6.45) is -1.67. The van der Waals surface area contributed by atoms with Crippen LogP contribution in [0.1, 0.15) is 29.3 Å². The highest BCUT2D eigenvalue weighted by Gasteiger charge is 2.27. The van der Waals surface area contributed by atoms with Crippen molar-refractivity contribution < 1.29 is 23.0 Å². The van der Waals surface area contributed by atoms with E-state index >= 15 is 0 Å². The van der Waals surface area contributed by atoms with Crippen LogP contribution in [0.4, 0.5) is 8.78 Å². The Hall–Kier alpha value is -0.990. The monoisotopic (exact) mass is 357 g/mol.